The molecule has 17 heavy (non-hydrogen) atoms. The van der Waals surface area contributed by atoms with Crippen LogP contribution in [0.3, 0.4) is 0 Å². The maximum absolute atomic E-state index is 13.0. The van der Waals surface area contributed by atoms with Gasteiger partial charge in [0, 0.05) is 33.0 Å². The third kappa shape index (κ3) is 4.66. The predicted octanol–water partition coefficient (Wildman–Crippen LogP) is 2.17. The van der Waals surface area contributed by atoms with Crippen LogP contribution >= 0.6 is 12.2 Å². The second-order valence-electron chi connectivity index (χ2n) is 3.62. The van der Waals surface area contributed by atoms with Crippen LogP contribution in [-0.2, 0) is 4.74 Å². The number of anilines is 1. The highest BCUT2D eigenvalue weighted by molar-refractivity contribution is 7.80. The molecule has 0 spiro atoms. The molecule has 0 amide bonds. The average molecular weight is 256 g/mol. The van der Waals surface area contributed by atoms with Crippen molar-refractivity contribution in [1.82, 2.24) is 5.32 Å². The number of hydrogen-bond donors (Lipinski definition) is 1. The fraction of sp³-hybridized carbons (Fsp3) is 0.417. The quantitative estimate of drug-likeness (QED) is 0.644. The summed E-state index contributed by atoms with van der Waals surface area (Å²) in [6.07, 6.45) is 0.883. The molecular formula is C12H17FN2OS. The molecule has 0 saturated carbocycles. The Labute approximate surface area is 107 Å². The molecule has 0 saturated heterocycles. The lowest BCUT2D eigenvalue weighted by Crippen LogP contribution is -2.37. The van der Waals surface area contributed by atoms with Gasteiger partial charge in [-0.1, -0.05) is 6.07 Å². The number of rotatable bonds is 5. The first kappa shape index (κ1) is 13.9. The smallest absolute Gasteiger partial charge is 0.173 e. The van der Waals surface area contributed by atoms with E-state index in [4.69, 9.17) is 17.0 Å². The van der Waals surface area contributed by atoms with Crippen molar-refractivity contribution in [2.24, 2.45) is 0 Å². The van der Waals surface area contributed by atoms with E-state index in [9.17, 15) is 4.39 Å². The van der Waals surface area contributed by atoms with E-state index in [2.05, 4.69) is 5.32 Å². The molecule has 0 aliphatic rings. The minimum absolute atomic E-state index is 0.267. The molecule has 0 atom stereocenters. The number of nitrogens with zero attached hydrogens (tertiary/aromatic N) is 1. The summed E-state index contributed by atoms with van der Waals surface area (Å²) in [4.78, 5) is 1.74. The van der Waals surface area contributed by atoms with Crippen molar-refractivity contribution in [2.75, 3.05) is 32.2 Å². The fourth-order valence-electron chi connectivity index (χ4n) is 1.33. The van der Waals surface area contributed by atoms with Gasteiger partial charge in [-0.05, 0) is 36.8 Å². The lowest BCUT2D eigenvalue weighted by molar-refractivity contribution is 0.195. The first-order valence-electron chi connectivity index (χ1n) is 5.41. The van der Waals surface area contributed by atoms with Crippen LogP contribution in [0.2, 0.25) is 0 Å². The second-order valence-corrected chi connectivity index (χ2v) is 4.00. The first-order valence-corrected chi connectivity index (χ1v) is 5.82. The molecule has 0 aromatic heterocycles. The normalized spacial score (nSPS) is 10.1. The maximum Gasteiger partial charge on any atom is 0.173 e. The van der Waals surface area contributed by atoms with Gasteiger partial charge < -0.3 is 15.0 Å². The van der Waals surface area contributed by atoms with Crippen LogP contribution in [0.25, 0.3) is 0 Å². The highest BCUT2D eigenvalue weighted by Gasteiger charge is 2.06. The van der Waals surface area contributed by atoms with E-state index < -0.39 is 0 Å². The lowest BCUT2D eigenvalue weighted by atomic mass is 10.3. The summed E-state index contributed by atoms with van der Waals surface area (Å²) in [5.41, 5.74) is 0.731. The Balaban J connectivity index is 2.46. The fourth-order valence-corrected chi connectivity index (χ4v) is 1.54. The Morgan fingerprint density at radius 2 is 2.29 bits per heavy atom. The Bertz CT molecular complexity index is 373. The molecule has 0 bridgehead atoms. The number of methoxy groups -OCH3 is 1. The highest BCUT2D eigenvalue weighted by atomic mass is 32.1. The van der Waals surface area contributed by atoms with Crippen LogP contribution in [0, 0.1) is 5.82 Å². The zero-order valence-electron chi connectivity index (χ0n) is 10.1. The number of nitrogens with one attached hydrogen (secondary N) is 1. The molecule has 0 radical (unpaired) electrons. The molecule has 0 fully saturated rings. The summed E-state index contributed by atoms with van der Waals surface area (Å²) in [7, 11) is 3.47. The molecule has 0 aliphatic carbocycles. The lowest BCUT2D eigenvalue weighted by Gasteiger charge is -2.21. The molecule has 94 valence electrons. The molecular weight excluding hydrogens is 239 g/mol. The maximum atomic E-state index is 13.0. The van der Waals surface area contributed by atoms with Gasteiger partial charge in [0.1, 0.15) is 5.82 Å². The van der Waals surface area contributed by atoms with Crippen LogP contribution in [0.5, 0.6) is 0 Å². The Morgan fingerprint density at radius 1 is 1.53 bits per heavy atom. The standard InChI is InChI=1S/C12H17FN2OS/c1-15(11-6-3-5-10(13)9-11)12(17)14-7-4-8-16-2/h3,5-6,9H,4,7-8H2,1-2H3,(H,14,17). The zero-order valence-corrected chi connectivity index (χ0v) is 10.9. The summed E-state index contributed by atoms with van der Waals surface area (Å²) >= 11 is 5.20. The van der Waals surface area contributed by atoms with Crippen molar-refractivity contribution in [3.8, 4) is 0 Å². The van der Waals surface area contributed by atoms with Gasteiger partial charge in [0.2, 0.25) is 0 Å². The van der Waals surface area contributed by atoms with E-state index >= 15 is 0 Å². The molecule has 3 nitrogen and oxygen atoms in total. The van der Waals surface area contributed by atoms with E-state index in [1.165, 1.54) is 12.1 Å². The summed E-state index contributed by atoms with van der Waals surface area (Å²) in [6.45, 7) is 1.44. The Morgan fingerprint density at radius 3 is 2.94 bits per heavy atom. The van der Waals surface area contributed by atoms with Crippen molar-refractivity contribution in [2.45, 2.75) is 6.42 Å². The van der Waals surface area contributed by atoms with Gasteiger partial charge in [0.25, 0.3) is 0 Å². The molecule has 0 aliphatic heterocycles. The zero-order chi connectivity index (χ0) is 12.7. The van der Waals surface area contributed by atoms with Crippen LogP contribution < -0.4 is 10.2 Å². The van der Waals surface area contributed by atoms with Crippen molar-refractivity contribution >= 4 is 23.0 Å². The van der Waals surface area contributed by atoms with Crippen molar-refractivity contribution in [3.05, 3.63) is 30.1 Å². The second kappa shape index (κ2) is 7.19. The summed E-state index contributed by atoms with van der Waals surface area (Å²) < 4.78 is 18.0. The third-order valence-electron chi connectivity index (χ3n) is 2.30. The van der Waals surface area contributed by atoms with Gasteiger partial charge in [-0.2, -0.15) is 0 Å². The topological polar surface area (TPSA) is 24.5 Å². The molecule has 1 rings (SSSR count). The Kier molecular flexibility index (Phi) is 5.86. The molecule has 1 N–H and O–H groups in total. The highest BCUT2D eigenvalue weighted by Crippen LogP contribution is 2.13. The Hall–Kier alpha value is -1.20. The van der Waals surface area contributed by atoms with Gasteiger partial charge in [0.05, 0.1) is 0 Å². The van der Waals surface area contributed by atoms with Crippen LogP contribution in [0.4, 0.5) is 10.1 Å². The van der Waals surface area contributed by atoms with Gasteiger partial charge >= 0.3 is 0 Å². The first-order chi connectivity index (χ1) is 8.15. The number of ether oxygens (including phenoxy) is 1. The molecule has 5 heteroatoms. The predicted molar refractivity (Wildman–Crippen MR) is 71.9 cm³/mol. The van der Waals surface area contributed by atoms with Crippen molar-refractivity contribution in [1.29, 1.82) is 0 Å². The molecule has 1 aromatic rings. The van der Waals surface area contributed by atoms with Crippen LogP contribution in [-0.4, -0.2) is 32.4 Å². The largest absolute Gasteiger partial charge is 0.385 e. The minimum Gasteiger partial charge on any atom is -0.385 e. The number of halogens is 1. The van der Waals surface area contributed by atoms with Gasteiger partial charge in [-0.25, -0.2) is 4.39 Å². The molecule has 1 aromatic carbocycles. The number of hydrogen-bond acceptors (Lipinski definition) is 2. The van der Waals surface area contributed by atoms with Crippen molar-refractivity contribution in [3.63, 3.8) is 0 Å². The monoisotopic (exact) mass is 256 g/mol. The number of benzene rings is 1. The number of thiocarbonyl (C=S) groups is 1. The van der Waals surface area contributed by atoms with Gasteiger partial charge in [-0.3, -0.25) is 0 Å². The van der Waals surface area contributed by atoms with Crippen LogP contribution in [0.1, 0.15) is 6.42 Å². The van der Waals surface area contributed by atoms with Gasteiger partial charge in [0.15, 0.2) is 5.11 Å². The summed E-state index contributed by atoms with van der Waals surface area (Å²) in [5.74, 6) is -0.267. The minimum atomic E-state index is -0.267. The average Bonchev–Trinajstić information content (AvgIpc) is 2.33. The van der Waals surface area contributed by atoms with Crippen LogP contribution in [0.15, 0.2) is 24.3 Å². The van der Waals surface area contributed by atoms with Gasteiger partial charge in [-0.15, -0.1) is 0 Å². The van der Waals surface area contributed by atoms with E-state index in [1.54, 1.807) is 25.1 Å². The summed E-state index contributed by atoms with van der Waals surface area (Å²) in [5, 5.41) is 3.67. The SMILES string of the molecule is COCCCNC(=S)N(C)c1cccc(F)c1. The molecule has 0 unspecified atom stereocenters. The summed E-state index contributed by atoms with van der Waals surface area (Å²) in [6, 6.07) is 6.33. The van der Waals surface area contributed by atoms with E-state index in [0.717, 1.165) is 18.7 Å². The van der Waals surface area contributed by atoms with E-state index in [0.29, 0.717) is 11.7 Å². The van der Waals surface area contributed by atoms with E-state index in [-0.39, 0.29) is 5.82 Å². The van der Waals surface area contributed by atoms with Crippen molar-refractivity contribution < 1.29 is 9.13 Å². The molecule has 0 heterocycles. The van der Waals surface area contributed by atoms with E-state index in [1.807, 2.05) is 6.07 Å². The third-order valence-corrected chi connectivity index (χ3v) is 2.72.